The molecule has 0 saturated heterocycles. The van der Waals surface area contributed by atoms with Crippen LogP contribution >= 0.6 is 0 Å². The number of amides is 2. The monoisotopic (exact) mass is 286 g/mol. The number of nitrogens with two attached hydrogens (primary N) is 1. The van der Waals surface area contributed by atoms with Crippen LogP contribution in [-0.4, -0.2) is 23.8 Å². The van der Waals surface area contributed by atoms with Gasteiger partial charge >= 0.3 is 0 Å². The summed E-state index contributed by atoms with van der Waals surface area (Å²) in [6, 6.07) is 12.2. The van der Waals surface area contributed by atoms with Gasteiger partial charge in [-0.05, 0) is 42.0 Å². The van der Waals surface area contributed by atoms with E-state index in [0.717, 1.165) is 0 Å². The first kappa shape index (κ1) is 14.7. The number of nitrogens with zero attached hydrogens (tertiary/aromatic N) is 1. The lowest BCUT2D eigenvalue weighted by Gasteiger charge is -2.17. The Morgan fingerprint density at radius 1 is 1.10 bits per heavy atom. The van der Waals surface area contributed by atoms with Gasteiger partial charge in [0.15, 0.2) is 0 Å². The molecule has 21 heavy (non-hydrogen) atoms. The number of halogens is 1. The van der Waals surface area contributed by atoms with Crippen molar-refractivity contribution in [3.63, 3.8) is 0 Å². The average Bonchev–Trinajstić information content (AvgIpc) is 2.46. The van der Waals surface area contributed by atoms with Gasteiger partial charge in [0.25, 0.3) is 5.91 Å². The molecule has 4 nitrogen and oxygen atoms in total. The maximum absolute atomic E-state index is 13.1. The fourth-order valence-corrected chi connectivity index (χ4v) is 1.98. The molecule has 0 spiro atoms. The van der Waals surface area contributed by atoms with Crippen LogP contribution in [0, 0.1) is 5.82 Å². The van der Waals surface area contributed by atoms with E-state index in [0.29, 0.717) is 23.2 Å². The van der Waals surface area contributed by atoms with E-state index in [4.69, 9.17) is 5.73 Å². The van der Waals surface area contributed by atoms with Gasteiger partial charge in [0.05, 0.1) is 0 Å². The molecule has 0 saturated carbocycles. The summed E-state index contributed by atoms with van der Waals surface area (Å²) >= 11 is 0. The first-order chi connectivity index (χ1) is 9.97. The predicted octanol–water partition coefficient (Wildman–Crippen LogP) is 2.20. The summed E-state index contributed by atoms with van der Waals surface area (Å²) < 4.78 is 13.1. The van der Waals surface area contributed by atoms with Crippen molar-refractivity contribution in [2.45, 2.75) is 6.54 Å². The summed E-state index contributed by atoms with van der Waals surface area (Å²) in [7, 11) is 1.63. The molecule has 0 aliphatic rings. The third-order valence-corrected chi connectivity index (χ3v) is 3.07. The SMILES string of the molecule is CN(Cc1cccc(F)c1)C(=O)c1ccc(C(N)=O)cc1. The van der Waals surface area contributed by atoms with Gasteiger partial charge in [0, 0.05) is 24.7 Å². The topological polar surface area (TPSA) is 63.4 Å². The molecule has 0 heterocycles. The molecule has 2 aromatic rings. The zero-order chi connectivity index (χ0) is 15.4. The second kappa shape index (κ2) is 6.17. The van der Waals surface area contributed by atoms with E-state index >= 15 is 0 Å². The van der Waals surface area contributed by atoms with Crippen LogP contribution in [0.5, 0.6) is 0 Å². The van der Waals surface area contributed by atoms with Crippen molar-refractivity contribution in [1.82, 2.24) is 4.90 Å². The Kier molecular flexibility index (Phi) is 4.33. The first-order valence-electron chi connectivity index (χ1n) is 6.37. The van der Waals surface area contributed by atoms with Crippen molar-refractivity contribution >= 4 is 11.8 Å². The Morgan fingerprint density at radius 2 is 1.71 bits per heavy atom. The van der Waals surface area contributed by atoms with Gasteiger partial charge in [-0.2, -0.15) is 0 Å². The highest BCUT2D eigenvalue weighted by Crippen LogP contribution is 2.11. The number of primary amides is 1. The van der Waals surface area contributed by atoms with Gasteiger partial charge in [0.1, 0.15) is 5.82 Å². The van der Waals surface area contributed by atoms with Crippen molar-refractivity contribution in [3.05, 3.63) is 71.0 Å². The quantitative estimate of drug-likeness (QED) is 0.936. The zero-order valence-corrected chi connectivity index (χ0v) is 11.5. The molecule has 0 fully saturated rings. The van der Waals surface area contributed by atoms with Gasteiger partial charge < -0.3 is 10.6 Å². The van der Waals surface area contributed by atoms with Crippen LogP contribution in [0.2, 0.25) is 0 Å². The zero-order valence-electron chi connectivity index (χ0n) is 11.5. The van der Waals surface area contributed by atoms with E-state index in [-0.39, 0.29) is 11.7 Å². The van der Waals surface area contributed by atoms with Crippen molar-refractivity contribution in [2.75, 3.05) is 7.05 Å². The maximum Gasteiger partial charge on any atom is 0.253 e. The highest BCUT2D eigenvalue weighted by Gasteiger charge is 2.12. The van der Waals surface area contributed by atoms with Crippen LogP contribution in [0.3, 0.4) is 0 Å². The Balaban J connectivity index is 2.10. The van der Waals surface area contributed by atoms with Gasteiger partial charge in [-0.15, -0.1) is 0 Å². The van der Waals surface area contributed by atoms with Crippen LogP contribution in [0.25, 0.3) is 0 Å². The summed E-state index contributed by atoms with van der Waals surface area (Å²) in [5.41, 5.74) is 6.64. The summed E-state index contributed by atoms with van der Waals surface area (Å²) in [6.45, 7) is 0.300. The number of benzene rings is 2. The third-order valence-electron chi connectivity index (χ3n) is 3.07. The standard InChI is InChI=1S/C16H15FN2O2/c1-19(10-11-3-2-4-14(17)9-11)16(21)13-7-5-12(6-8-13)15(18)20/h2-9H,10H2,1H3,(H2,18,20). The predicted molar refractivity (Wildman–Crippen MR) is 77.2 cm³/mol. The smallest absolute Gasteiger partial charge is 0.253 e. The molecule has 2 rings (SSSR count). The van der Waals surface area contributed by atoms with E-state index in [1.54, 1.807) is 31.3 Å². The first-order valence-corrected chi connectivity index (χ1v) is 6.37. The minimum Gasteiger partial charge on any atom is -0.366 e. The fraction of sp³-hybridized carbons (Fsp3) is 0.125. The lowest BCUT2D eigenvalue weighted by atomic mass is 10.1. The Labute approximate surface area is 122 Å². The lowest BCUT2D eigenvalue weighted by Crippen LogP contribution is -2.26. The molecule has 108 valence electrons. The van der Waals surface area contributed by atoms with Gasteiger partial charge in [0.2, 0.25) is 5.91 Å². The van der Waals surface area contributed by atoms with E-state index in [9.17, 15) is 14.0 Å². The molecule has 0 unspecified atom stereocenters. The highest BCUT2D eigenvalue weighted by molar-refractivity contribution is 5.97. The van der Waals surface area contributed by atoms with Crippen molar-refractivity contribution in [3.8, 4) is 0 Å². The second-order valence-corrected chi connectivity index (χ2v) is 4.73. The molecule has 2 N–H and O–H groups in total. The molecular formula is C16H15FN2O2. The Bertz CT molecular complexity index is 668. The number of hydrogen-bond donors (Lipinski definition) is 1. The molecule has 0 bridgehead atoms. The average molecular weight is 286 g/mol. The molecule has 0 aliphatic carbocycles. The number of carbonyl (C=O) groups excluding carboxylic acids is 2. The minimum absolute atomic E-state index is 0.213. The minimum atomic E-state index is -0.540. The molecule has 0 aromatic heterocycles. The molecule has 0 aliphatic heterocycles. The summed E-state index contributed by atoms with van der Waals surface area (Å²) in [5, 5.41) is 0. The second-order valence-electron chi connectivity index (χ2n) is 4.73. The largest absolute Gasteiger partial charge is 0.366 e. The van der Waals surface area contributed by atoms with E-state index in [1.165, 1.54) is 29.2 Å². The van der Waals surface area contributed by atoms with Crippen molar-refractivity contribution in [2.24, 2.45) is 5.73 Å². The van der Waals surface area contributed by atoms with Gasteiger partial charge in [-0.25, -0.2) is 4.39 Å². The molecule has 0 atom stereocenters. The molecule has 0 radical (unpaired) electrons. The lowest BCUT2D eigenvalue weighted by molar-refractivity contribution is 0.0784. The number of rotatable bonds is 4. The number of hydrogen-bond acceptors (Lipinski definition) is 2. The Morgan fingerprint density at radius 3 is 2.29 bits per heavy atom. The van der Waals surface area contributed by atoms with Crippen molar-refractivity contribution < 1.29 is 14.0 Å². The molecular weight excluding hydrogens is 271 g/mol. The Hall–Kier alpha value is -2.69. The number of carbonyl (C=O) groups is 2. The van der Waals surface area contributed by atoms with E-state index in [1.807, 2.05) is 0 Å². The molecule has 2 amide bonds. The third kappa shape index (κ3) is 3.66. The van der Waals surface area contributed by atoms with E-state index < -0.39 is 5.91 Å². The normalized spacial score (nSPS) is 10.2. The van der Waals surface area contributed by atoms with E-state index in [2.05, 4.69) is 0 Å². The van der Waals surface area contributed by atoms with Crippen LogP contribution in [0.15, 0.2) is 48.5 Å². The highest BCUT2D eigenvalue weighted by atomic mass is 19.1. The molecule has 2 aromatic carbocycles. The van der Waals surface area contributed by atoms with Crippen LogP contribution in [0.4, 0.5) is 4.39 Å². The van der Waals surface area contributed by atoms with Gasteiger partial charge in [-0.3, -0.25) is 9.59 Å². The van der Waals surface area contributed by atoms with Crippen LogP contribution in [0.1, 0.15) is 26.3 Å². The van der Waals surface area contributed by atoms with Crippen LogP contribution < -0.4 is 5.73 Å². The maximum atomic E-state index is 13.1. The summed E-state index contributed by atoms with van der Waals surface area (Å²) in [6.07, 6.45) is 0. The van der Waals surface area contributed by atoms with Gasteiger partial charge in [-0.1, -0.05) is 12.1 Å². The van der Waals surface area contributed by atoms with Crippen LogP contribution in [-0.2, 0) is 6.54 Å². The van der Waals surface area contributed by atoms with Crippen molar-refractivity contribution in [1.29, 1.82) is 0 Å². The molecule has 5 heteroatoms. The summed E-state index contributed by atoms with van der Waals surface area (Å²) in [5.74, 6) is -1.09. The summed E-state index contributed by atoms with van der Waals surface area (Å²) in [4.78, 5) is 24.7. The fourth-order valence-electron chi connectivity index (χ4n) is 1.98.